The molecular formula is C17H28ClN3. The number of likely N-dealkylation sites (N-methyl/N-ethyl adjacent to an activating group) is 2. The zero-order valence-corrected chi connectivity index (χ0v) is 14.1. The lowest BCUT2D eigenvalue weighted by molar-refractivity contribution is 0.195. The maximum atomic E-state index is 3.55. The van der Waals surface area contributed by atoms with Crippen LogP contribution >= 0.6 is 12.4 Å². The summed E-state index contributed by atoms with van der Waals surface area (Å²) in [7, 11) is 2.26. The molecule has 3 nitrogen and oxygen atoms in total. The first kappa shape index (κ1) is 16.6. The van der Waals surface area contributed by atoms with Gasteiger partial charge in [-0.15, -0.1) is 12.4 Å². The number of nitrogens with zero attached hydrogens (tertiary/aromatic N) is 2. The van der Waals surface area contributed by atoms with E-state index in [9.17, 15) is 0 Å². The van der Waals surface area contributed by atoms with Crippen molar-refractivity contribution in [2.45, 2.75) is 38.8 Å². The van der Waals surface area contributed by atoms with Crippen LogP contribution in [0.1, 0.15) is 30.9 Å². The van der Waals surface area contributed by atoms with Crippen LogP contribution in [0.5, 0.6) is 0 Å². The quantitative estimate of drug-likeness (QED) is 0.902. The summed E-state index contributed by atoms with van der Waals surface area (Å²) in [6.07, 6.45) is 3.91. The largest absolute Gasteiger partial charge is 0.384 e. The average molecular weight is 310 g/mol. The molecule has 4 heteroatoms. The Morgan fingerprint density at radius 3 is 3.05 bits per heavy atom. The second-order valence-electron chi connectivity index (χ2n) is 6.25. The van der Waals surface area contributed by atoms with E-state index >= 15 is 0 Å². The molecule has 0 amide bonds. The molecule has 1 aromatic carbocycles. The SMILES string of the molecule is CCN1CCCC1CN(C)Cc1cccc2c1NCC2.Cl. The molecular weight excluding hydrogens is 282 g/mol. The molecule has 0 aliphatic carbocycles. The molecule has 2 heterocycles. The number of hydrogen-bond acceptors (Lipinski definition) is 3. The van der Waals surface area contributed by atoms with E-state index in [0.717, 1.165) is 19.1 Å². The summed E-state index contributed by atoms with van der Waals surface area (Å²) < 4.78 is 0. The molecule has 1 saturated heterocycles. The van der Waals surface area contributed by atoms with E-state index in [-0.39, 0.29) is 12.4 Å². The number of likely N-dealkylation sites (tertiary alicyclic amines) is 1. The minimum atomic E-state index is 0. The summed E-state index contributed by atoms with van der Waals surface area (Å²) in [6.45, 7) is 8.12. The number of nitrogens with one attached hydrogen (secondary N) is 1. The fourth-order valence-electron chi connectivity index (χ4n) is 3.78. The maximum absolute atomic E-state index is 3.55. The van der Waals surface area contributed by atoms with Crippen LogP contribution < -0.4 is 5.32 Å². The average Bonchev–Trinajstić information content (AvgIpc) is 3.07. The van der Waals surface area contributed by atoms with Crippen LogP contribution in [0, 0.1) is 0 Å². The van der Waals surface area contributed by atoms with Crippen LogP contribution in [0.2, 0.25) is 0 Å². The van der Waals surface area contributed by atoms with Crippen molar-refractivity contribution in [1.29, 1.82) is 0 Å². The van der Waals surface area contributed by atoms with E-state index in [1.807, 2.05) is 0 Å². The minimum Gasteiger partial charge on any atom is -0.384 e. The van der Waals surface area contributed by atoms with Crippen LogP contribution in [-0.2, 0) is 13.0 Å². The van der Waals surface area contributed by atoms with Gasteiger partial charge in [-0.3, -0.25) is 4.90 Å². The first-order valence-corrected chi connectivity index (χ1v) is 8.05. The van der Waals surface area contributed by atoms with Crippen molar-refractivity contribution in [2.75, 3.05) is 38.5 Å². The predicted molar refractivity (Wildman–Crippen MR) is 92.5 cm³/mol. The summed E-state index contributed by atoms with van der Waals surface area (Å²) in [5.74, 6) is 0. The van der Waals surface area contributed by atoms with Gasteiger partial charge in [0.1, 0.15) is 0 Å². The molecule has 118 valence electrons. The monoisotopic (exact) mass is 309 g/mol. The number of para-hydroxylation sites is 1. The van der Waals surface area contributed by atoms with E-state index in [4.69, 9.17) is 0 Å². The van der Waals surface area contributed by atoms with Crippen molar-refractivity contribution < 1.29 is 0 Å². The second kappa shape index (κ2) is 7.48. The van der Waals surface area contributed by atoms with E-state index < -0.39 is 0 Å². The van der Waals surface area contributed by atoms with Crippen molar-refractivity contribution in [3.63, 3.8) is 0 Å². The first-order valence-electron chi connectivity index (χ1n) is 8.05. The topological polar surface area (TPSA) is 18.5 Å². The highest BCUT2D eigenvalue weighted by molar-refractivity contribution is 5.85. The summed E-state index contributed by atoms with van der Waals surface area (Å²) in [5, 5.41) is 3.55. The maximum Gasteiger partial charge on any atom is 0.0419 e. The third kappa shape index (κ3) is 3.71. The molecule has 0 bridgehead atoms. The lowest BCUT2D eigenvalue weighted by Crippen LogP contribution is -2.38. The molecule has 21 heavy (non-hydrogen) atoms. The van der Waals surface area contributed by atoms with Gasteiger partial charge in [0.05, 0.1) is 0 Å². The van der Waals surface area contributed by atoms with E-state index in [1.54, 1.807) is 0 Å². The Morgan fingerprint density at radius 1 is 1.38 bits per heavy atom. The Hall–Kier alpha value is -0.770. The smallest absolute Gasteiger partial charge is 0.0419 e. The summed E-state index contributed by atoms with van der Waals surface area (Å²) in [6, 6.07) is 7.51. The van der Waals surface area contributed by atoms with Crippen LogP contribution in [0.3, 0.4) is 0 Å². The van der Waals surface area contributed by atoms with Gasteiger partial charge in [-0.25, -0.2) is 0 Å². The number of hydrogen-bond donors (Lipinski definition) is 1. The van der Waals surface area contributed by atoms with Crippen molar-refractivity contribution in [3.05, 3.63) is 29.3 Å². The predicted octanol–water partition coefficient (Wildman–Crippen LogP) is 2.99. The zero-order chi connectivity index (χ0) is 13.9. The summed E-state index contributed by atoms with van der Waals surface area (Å²) in [4.78, 5) is 5.12. The fraction of sp³-hybridized carbons (Fsp3) is 0.647. The van der Waals surface area contributed by atoms with Crippen LogP contribution in [-0.4, -0.2) is 49.1 Å². The molecule has 2 aliphatic heterocycles. The summed E-state index contributed by atoms with van der Waals surface area (Å²) in [5.41, 5.74) is 4.36. The zero-order valence-electron chi connectivity index (χ0n) is 13.3. The number of halogens is 1. The lowest BCUT2D eigenvalue weighted by atomic mass is 10.1. The Balaban J connectivity index is 0.00000161. The van der Waals surface area contributed by atoms with E-state index in [1.165, 1.54) is 55.7 Å². The van der Waals surface area contributed by atoms with Crippen LogP contribution in [0.4, 0.5) is 5.69 Å². The molecule has 1 unspecified atom stereocenters. The highest BCUT2D eigenvalue weighted by atomic mass is 35.5. The van der Waals surface area contributed by atoms with Gasteiger partial charge in [0.15, 0.2) is 0 Å². The molecule has 0 saturated carbocycles. The van der Waals surface area contributed by atoms with Gasteiger partial charge in [-0.2, -0.15) is 0 Å². The van der Waals surface area contributed by atoms with Gasteiger partial charge in [-0.05, 0) is 50.5 Å². The minimum absolute atomic E-state index is 0. The van der Waals surface area contributed by atoms with Gasteiger partial charge in [0, 0.05) is 31.4 Å². The Kier molecular flexibility index (Phi) is 5.91. The number of fused-ring (bicyclic) bond motifs is 1. The summed E-state index contributed by atoms with van der Waals surface area (Å²) >= 11 is 0. The molecule has 3 rings (SSSR count). The fourth-order valence-corrected chi connectivity index (χ4v) is 3.78. The molecule has 2 aliphatic rings. The highest BCUT2D eigenvalue weighted by Gasteiger charge is 2.24. The molecule has 0 aromatic heterocycles. The van der Waals surface area contributed by atoms with Crippen molar-refractivity contribution in [1.82, 2.24) is 9.80 Å². The van der Waals surface area contributed by atoms with Crippen molar-refractivity contribution in [2.24, 2.45) is 0 Å². The molecule has 1 aromatic rings. The van der Waals surface area contributed by atoms with E-state index in [0.29, 0.717) is 0 Å². The third-order valence-electron chi connectivity index (χ3n) is 4.80. The number of benzene rings is 1. The first-order chi connectivity index (χ1) is 9.78. The van der Waals surface area contributed by atoms with Crippen LogP contribution in [0.15, 0.2) is 18.2 Å². The van der Waals surface area contributed by atoms with Gasteiger partial charge < -0.3 is 10.2 Å². The molecule has 0 spiro atoms. The Morgan fingerprint density at radius 2 is 2.24 bits per heavy atom. The standard InChI is InChI=1S/C17H27N3.ClH/c1-3-20-11-5-8-16(20)13-19(2)12-15-7-4-6-14-9-10-18-17(14)15;/h4,6-7,16,18H,3,5,8-13H2,1-2H3;1H. The van der Waals surface area contributed by atoms with Crippen molar-refractivity contribution >= 4 is 18.1 Å². The molecule has 1 N–H and O–H groups in total. The van der Waals surface area contributed by atoms with Gasteiger partial charge >= 0.3 is 0 Å². The molecule has 0 radical (unpaired) electrons. The van der Waals surface area contributed by atoms with Gasteiger partial charge in [0.2, 0.25) is 0 Å². The van der Waals surface area contributed by atoms with Crippen molar-refractivity contribution in [3.8, 4) is 0 Å². The number of anilines is 1. The van der Waals surface area contributed by atoms with Crippen LogP contribution in [0.25, 0.3) is 0 Å². The lowest BCUT2D eigenvalue weighted by Gasteiger charge is -2.28. The Labute approximate surface area is 135 Å². The van der Waals surface area contributed by atoms with Gasteiger partial charge in [-0.1, -0.05) is 25.1 Å². The second-order valence-corrected chi connectivity index (χ2v) is 6.25. The highest BCUT2D eigenvalue weighted by Crippen LogP contribution is 2.27. The number of rotatable bonds is 5. The third-order valence-corrected chi connectivity index (χ3v) is 4.80. The van der Waals surface area contributed by atoms with Gasteiger partial charge in [0.25, 0.3) is 0 Å². The molecule has 1 atom stereocenters. The van der Waals surface area contributed by atoms with E-state index in [2.05, 4.69) is 47.3 Å². The normalized spacial score (nSPS) is 21.2. The Bertz CT molecular complexity index is 463. The molecule has 1 fully saturated rings.